The number of carbonyl (C=O) groups is 1. The van der Waals surface area contributed by atoms with Crippen molar-refractivity contribution < 1.29 is 19.0 Å². The van der Waals surface area contributed by atoms with Crippen LogP contribution in [0.3, 0.4) is 0 Å². The lowest BCUT2D eigenvalue weighted by Gasteiger charge is -2.26. The molecule has 0 radical (unpaired) electrons. The second-order valence-electron chi connectivity index (χ2n) is 8.82. The van der Waals surface area contributed by atoms with Gasteiger partial charge in [0.25, 0.3) is 5.56 Å². The average Bonchev–Trinajstić information content (AvgIpc) is 3.30. The maximum Gasteiger partial charge on any atom is 0.338 e. The van der Waals surface area contributed by atoms with Gasteiger partial charge in [0.2, 0.25) is 0 Å². The van der Waals surface area contributed by atoms with E-state index in [1.165, 1.54) is 11.3 Å². The van der Waals surface area contributed by atoms with Crippen LogP contribution < -0.4 is 24.4 Å². The van der Waals surface area contributed by atoms with Gasteiger partial charge in [-0.1, -0.05) is 59.9 Å². The van der Waals surface area contributed by atoms with Gasteiger partial charge in [0, 0.05) is 10.5 Å². The highest BCUT2D eigenvalue weighted by molar-refractivity contribution is 7.98. The highest BCUT2D eigenvalue weighted by Gasteiger charge is 2.35. The molecule has 7 nitrogen and oxygen atoms in total. The van der Waals surface area contributed by atoms with E-state index in [4.69, 9.17) is 19.2 Å². The van der Waals surface area contributed by atoms with E-state index < -0.39 is 12.0 Å². The number of methoxy groups -OCH3 is 2. The van der Waals surface area contributed by atoms with Gasteiger partial charge in [0.05, 0.1) is 42.7 Å². The highest BCUT2D eigenvalue weighted by Crippen LogP contribution is 2.35. The van der Waals surface area contributed by atoms with Gasteiger partial charge < -0.3 is 14.2 Å². The normalized spacial score (nSPS) is 14.9. The van der Waals surface area contributed by atoms with Crippen molar-refractivity contribution in [2.75, 3.05) is 27.1 Å². The zero-order chi connectivity index (χ0) is 28.2. The van der Waals surface area contributed by atoms with Crippen LogP contribution >= 0.6 is 23.1 Å². The van der Waals surface area contributed by atoms with Crippen LogP contribution in [0, 0.1) is 0 Å². The lowest BCUT2D eigenvalue weighted by Crippen LogP contribution is -2.40. The smallest absolute Gasteiger partial charge is 0.338 e. The van der Waals surface area contributed by atoms with Crippen molar-refractivity contribution in [1.82, 2.24) is 4.57 Å². The Morgan fingerprint density at radius 1 is 1.02 bits per heavy atom. The van der Waals surface area contributed by atoms with Crippen molar-refractivity contribution in [3.05, 3.63) is 115 Å². The summed E-state index contributed by atoms with van der Waals surface area (Å²) in [7, 11) is 3.15. The number of ether oxygens (including phenoxy) is 3. The van der Waals surface area contributed by atoms with Gasteiger partial charge in [-0.3, -0.25) is 9.36 Å². The number of carbonyl (C=O) groups excluding carboxylic acids is 1. The summed E-state index contributed by atoms with van der Waals surface area (Å²) in [5, 5.41) is 0. The standard InChI is InChI=1S/C31H28N2O5S2/c1-5-38-30(35)26-27(20-9-7-6-8-10-20)32-31-33(28(26)21-12-14-22(39-4)15-13-21)29(34)25(40-31)18-19-11-16-23(36-2)24(17-19)37-3/h6-18,28H,5H2,1-4H3/b25-18-/t28-/m1/s1. The monoisotopic (exact) mass is 572 g/mol. The molecule has 0 saturated heterocycles. The fraction of sp³-hybridized carbons (Fsp3) is 0.194. The van der Waals surface area contributed by atoms with E-state index in [2.05, 4.69) is 0 Å². The first-order valence-corrected chi connectivity index (χ1v) is 14.7. The van der Waals surface area contributed by atoms with E-state index in [9.17, 15) is 9.59 Å². The Hall–Kier alpha value is -4.08. The van der Waals surface area contributed by atoms with Gasteiger partial charge in [-0.25, -0.2) is 9.79 Å². The van der Waals surface area contributed by atoms with Crippen LogP contribution in [0.15, 0.2) is 93.1 Å². The minimum Gasteiger partial charge on any atom is -0.493 e. The molecule has 0 saturated carbocycles. The number of nitrogens with zero attached hydrogens (tertiary/aromatic N) is 2. The number of hydrogen-bond donors (Lipinski definition) is 0. The van der Waals surface area contributed by atoms with Gasteiger partial charge >= 0.3 is 5.97 Å². The predicted molar refractivity (Wildman–Crippen MR) is 159 cm³/mol. The molecule has 0 spiro atoms. The van der Waals surface area contributed by atoms with Crippen LogP contribution in [0.4, 0.5) is 0 Å². The summed E-state index contributed by atoms with van der Waals surface area (Å²) in [4.78, 5) is 34.0. The number of rotatable bonds is 8. The zero-order valence-electron chi connectivity index (χ0n) is 22.5. The molecule has 4 aromatic rings. The molecule has 5 rings (SSSR count). The molecule has 1 atom stereocenters. The summed E-state index contributed by atoms with van der Waals surface area (Å²) in [5.41, 5.74) is 2.92. The molecule has 40 heavy (non-hydrogen) atoms. The van der Waals surface area contributed by atoms with Crippen LogP contribution in [0.1, 0.15) is 29.7 Å². The van der Waals surface area contributed by atoms with Crippen LogP contribution in [-0.4, -0.2) is 37.6 Å². The van der Waals surface area contributed by atoms with Crippen molar-refractivity contribution in [3.63, 3.8) is 0 Å². The van der Waals surface area contributed by atoms with Crippen LogP contribution in [0.5, 0.6) is 11.5 Å². The molecule has 1 aliphatic heterocycles. The summed E-state index contributed by atoms with van der Waals surface area (Å²) in [6.45, 7) is 1.97. The molecular formula is C31H28N2O5S2. The van der Waals surface area contributed by atoms with E-state index in [-0.39, 0.29) is 12.2 Å². The third kappa shape index (κ3) is 5.22. The topological polar surface area (TPSA) is 79.1 Å². The molecule has 0 aliphatic carbocycles. The molecule has 0 amide bonds. The van der Waals surface area contributed by atoms with E-state index in [0.29, 0.717) is 32.1 Å². The molecule has 3 aromatic carbocycles. The van der Waals surface area contributed by atoms with Crippen LogP contribution in [0.25, 0.3) is 11.8 Å². The summed E-state index contributed by atoms with van der Waals surface area (Å²) in [6, 6.07) is 22.2. The van der Waals surface area contributed by atoms with Gasteiger partial charge in [0.1, 0.15) is 0 Å². The van der Waals surface area contributed by atoms with Crippen molar-refractivity contribution in [1.29, 1.82) is 0 Å². The first kappa shape index (κ1) is 27.5. The van der Waals surface area contributed by atoms with Crippen molar-refractivity contribution in [3.8, 4) is 11.5 Å². The van der Waals surface area contributed by atoms with Gasteiger partial charge in [-0.05, 0) is 54.6 Å². The molecule has 0 unspecified atom stereocenters. The molecular weight excluding hydrogens is 544 g/mol. The Balaban J connectivity index is 1.79. The first-order valence-electron chi connectivity index (χ1n) is 12.6. The van der Waals surface area contributed by atoms with Crippen molar-refractivity contribution >= 4 is 40.8 Å². The number of fused-ring (bicyclic) bond motifs is 1. The quantitative estimate of drug-likeness (QED) is 0.226. The summed E-state index contributed by atoms with van der Waals surface area (Å²) >= 11 is 2.90. The Bertz CT molecular complexity index is 1760. The minimum atomic E-state index is -0.714. The van der Waals surface area contributed by atoms with E-state index in [0.717, 1.165) is 21.6 Å². The van der Waals surface area contributed by atoms with E-state index in [1.54, 1.807) is 49.6 Å². The minimum absolute atomic E-state index is 0.201. The fourth-order valence-electron chi connectivity index (χ4n) is 4.64. The second-order valence-corrected chi connectivity index (χ2v) is 10.7. The predicted octanol–water partition coefficient (Wildman–Crippen LogP) is 4.67. The lowest BCUT2D eigenvalue weighted by atomic mass is 9.93. The number of thiazole rings is 1. The number of aromatic nitrogens is 1. The van der Waals surface area contributed by atoms with Crippen molar-refractivity contribution in [2.45, 2.75) is 17.9 Å². The number of esters is 1. The van der Waals surface area contributed by atoms with Gasteiger partial charge in [0.15, 0.2) is 16.3 Å². The molecule has 0 fully saturated rings. The van der Waals surface area contributed by atoms with E-state index >= 15 is 0 Å². The number of thioether (sulfide) groups is 1. The maximum atomic E-state index is 14.0. The second kappa shape index (κ2) is 12.0. The maximum absolute atomic E-state index is 14.0. The van der Waals surface area contributed by atoms with Crippen LogP contribution in [-0.2, 0) is 9.53 Å². The molecule has 9 heteroatoms. The largest absolute Gasteiger partial charge is 0.493 e. The zero-order valence-corrected chi connectivity index (χ0v) is 24.2. The number of hydrogen-bond acceptors (Lipinski definition) is 8. The third-order valence-corrected chi connectivity index (χ3v) is 8.24. The van der Waals surface area contributed by atoms with Gasteiger partial charge in [-0.2, -0.15) is 0 Å². The first-order chi connectivity index (χ1) is 19.5. The molecule has 1 aromatic heterocycles. The summed E-state index contributed by atoms with van der Waals surface area (Å²) in [5.74, 6) is 0.659. The fourth-order valence-corrected chi connectivity index (χ4v) is 6.05. The van der Waals surface area contributed by atoms with Crippen LogP contribution in [0.2, 0.25) is 0 Å². The Labute approximate surface area is 240 Å². The molecule has 2 heterocycles. The molecule has 204 valence electrons. The van der Waals surface area contributed by atoms with Crippen molar-refractivity contribution in [2.24, 2.45) is 4.99 Å². The van der Waals surface area contributed by atoms with Gasteiger partial charge in [-0.15, -0.1) is 11.8 Å². The molecule has 0 bridgehead atoms. The summed E-state index contributed by atoms with van der Waals surface area (Å²) in [6.07, 6.45) is 3.81. The average molecular weight is 573 g/mol. The number of benzene rings is 3. The Kier molecular flexibility index (Phi) is 8.23. The highest BCUT2D eigenvalue weighted by atomic mass is 32.2. The Morgan fingerprint density at radius 3 is 2.40 bits per heavy atom. The third-order valence-electron chi connectivity index (χ3n) is 6.51. The SMILES string of the molecule is CCOC(=O)C1=C(c2ccccc2)N=c2s/c(=C\c3ccc(OC)c(OC)c3)c(=O)n2[C@@H]1c1ccc(SC)cc1. The molecule has 1 aliphatic rings. The lowest BCUT2D eigenvalue weighted by molar-refractivity contribution is -0.138. The summed E-state index contributed by atoms with van der Waals surface area (Å²) < 4.78 is 18.4. The molecule has 0 N–H and O–H groups in total. The van der Waals surface area contributed by atoms with E-state index in [1.807, 2.05) is 73.0 Å². The Morgan fingerprint density at radius 2 is 1.75 bits per heavy atom.